The highest BCUT2D eigenvalue weighted by Gasteiger charge is 2.32. The fraction of sp³-hybridized carbons (Fsp3) is 0.222. The van der Waals surface area contributed by atoms with Gasteiger partial charge in [-0.25, -0.2) is 0 Å². The maximum Gasteiger partial charge on any atom is 0.416 e. The predicted molar refractivity (Wildman–Crippen MR) is 56.5 cm³/mol. The van der Waals surface area contributed by atoms with E-state index < -0.39 is 23.4 Å². The van der Waals surface area contributed by atoms with E-state index in [4.69, 9.17) is 34.8 Å². The second kappa shape index (κ2) is 4.82. The van der Waals surface area contributed by atoms with Crippen molar-refractivity contribution in [2.24, 2.45) is 0 Å². The number of hydrogen-bond donors (Lipinski definition) is 0. The number of hydrogen-bond acceptors (Lipinski definition) is 1. The van der Waals surface area contributed by atoms with Crippen LogP contribution >= 0.6 is 34.8 Å². The predicted octanol–water partition coefficient (Wildman–Crippen LogP) is 4.43. The Hall–Kier alpha value is -0.450. The Kier molecular flexibility index (Phi) is 4.10. The minimum Gasteiger partial charge on any atom is -0.293 e. The Labute approximate surface area is 104 Å². The molecule has 0 aliphatic carbocycles. The molecule has 0 aliphatic rings. The Morgan fingerprint density at radius 1 is 1.25 bits per heavy atom. The van der Waals surface area contributed by atoms with Gasteiger partial charge in [0, 0.05) is 5.56 Å². The molecule has 1 rings (SSSR count). The van der Waals surface area contributed by atoms with Crippen LogP contribution in [0.25, 0.3) is 0 Å². The van der Waals surface area contributed by atoms with Crippen molar-refractivity contribution in [1.29, 1.82) is 0 Å². The molecule has 0 aliphatic heterocycles. The van der Waals surface area contributed by atoms with E-state index in [2.05, 4.69) is 0 Å². The number of halogens is 6. The van der Waals surface area contributed by atoms with Crippen LogP contribution in [0, 0.1) is 0 Å². The maximum atomic E-state index is 12.4. The molecule has 0 heterocycles. The Morgan fingerprint density at radius 3 is 2.25 bits per heavy atom. The van der Waals surface area contributed by atoms with Crippen LogP contribution in [-0.2, 0) is 6.18 Å². The van der Waals surface area contributed by atoms with Crippen molar-refractivity contribution < 1.29 is 18.0 Å². The lowest BCUT2D eigenvalue weighted by Gasteiger charge is -2.10. The number of carbonyl (C=O) groups excluding carboxylic acids is 1. The first-order valence-electron chi connectivity index (χ1n) is 3.92. The average molecular weight is 291 g/mol. The van der Waals surface area contributed by atoms with E-state index in [1.807, 2.05) is 0 Å². The van der Waals surface area contributed by atoms with Crippen LogP contribution in [0.2, 0.25) is 10.0 Å². The molecular formula is C9H4Cl3F3O. The fourth-order valence-electron chi connectivity index (χ4n) is 1.03. The first-order chi connectivity index (χ1) is 7.27. The molecular weight excluding hydrogens is 287 g/mol. The van der Waals surface area contributed by atoms with Crippen molar-refractivity contribution in [3.05, 3.63) is 33.3 Å². The summed E-state index contributed by atoms with van der Waals surface area (Å²) >= 11 is 16.4. The first-order valence-corrected chi connectivity index (χ1v) is 5.22. The van der Waals surface area contributed by atoms with Gasteiger partial charge in [0.05, 0.1) is 21.5 Å². The fourth-order valence-corrected chi connectivity index (χ4v) is 1.61. The maximum absolute atomic E-state index is 12.4. The number of rotatable bonds is 2. The van der Waals surface area contributed by atoms with E-state index in [1.54, 1.807) is 0 Å². The summed E-state index contributed by atoms with van der Waals surface area (Å²) in [5.41, 5.74) is -1.35. The van der Waals surface area contributed by atoms with Gasteiger partial charge in [0.2, 0.25) is 0 Å². The second-order valence-corrected chi connectivity index (χ2v) is 3.93. The molecule has 1 aromatic carbocycles. The molecule has 0 amide bonds. The number of Topliss-reactive ketones (excluding diaryl/α,β-unsaturated/α-hetero) is 1. The summed E-state index contributed by atoms with van der Waals surface area (Å²) in [5.74, 6) is -1.17. The summed E-state index contributed by atoms with van der Waals surface area (Å²) in [6.45, 7) is 0. The summed E-state index contributed by atoms with van der Waals surface area (Å²) < 4.78 is 37.2. The van der Waals surface area contributed by atoms with Gasteiger partial charge in [0.1, 0.15) is 0 Å². The lowest BCUT2D eigenvalue weighted by Crippen LogP contribution is -2.09. The summed E-state index contributed by atoms with van der Waals surface area (Å²) in [6, 6.07) is 1.30. The van der Waals surface area contributed by atoms with Crippen LogP contribution in [0.5, 0.6) is 0 Å². The second-order valence-electron chi connectivity index (χ2n) is 2.87. The van der Waals surface area contributed by atoms with E-state index in [9.17, 15) is 18.0 Å². The van der Waals surface area contributed by atoms with E-state index >= 15 is 0 Å². The van der Waals surface area contributed by atoms with Gasteiger partial charge >= 0.3 is 6.18 Å². The molecule has 0 fully saturated rings. The number of benzene rings is 1. The zero-order chi connectivity index (χ0) is 12.5. The van der Waals surface area contributed by atoms with Crippen molar-refractivity contribution in [1.82, 2.24) is 0 Å². The smallest absolute Gasteiger partial charge is 0.293 e. The van der Waals surface area contributed by atoms with Gasteiger partial charge in [-0.05, 0) is 12.1 Å². The van der Waals surface area contributed by atoms with E-state index in [1.165, 1.54) is 0 Å². The molecule has 0 atom stereocenters. The van der Waals surface area contributed by atoms with Crippen molar-refractivity contribution in [2.45, 2.75) is 6.18 Å². The standard InChI is InChI=1S/C9H4Cl3F3O/c10-3-7(16)5-1-4(9(13,14)15)2-6(11)8(5)12/h1-2H,3H2. The summed E-state index contributed by atoms with van der Waals surface area (Å²) in [7, 11) is 0. The van der Waals surface area contributed by atoms with Crippen LogP contribution in [0.1, 0.15) is 15.9 Å². The highest BCUT2D eigenvalue weighted by Crippen LogP contribution is 2.36. The third-order valence-corrected chi connectivity index (χ3v) is 2.82. The van der Waals surface area contributed by atoms with Crippen LogP contribution < -0.4 is 0 Å². The first kappa shape index (κ1) is 13.6. The lowest BCUT2D eigenvalue weighted by molar-refractivity contribution is -0.137. The molecule has 88 valence electrons. The van der Waals surface area contributed by atoms with Gasteiger partial charge in [-0.15, -0.1) is 11.6 Å². The summed E-state index contributed by atoms with van der Waals surface area (Å²) in [4.78, 5) is 11.2. The lowest BCUT2D eigenvalue weighted by atomic mass is 10.1. The minimum atomic E-state index is -4.59. The van der Waals surface area contributed by atoms with E-state index in [-0.39, 0.29) is 15.6 Å². The molecule has 7 heteroatoms. The van der Waals surface area contributed by atoms with E-state index in [0.29, 0.717) is 12.1 Å². The topological polar surface area (TPSA) is 17.1 Å². The van der Waals surface area contributed by atoms with Gasteiger partial charge < -0.3 is 0 Å². The van der Waals surface area contributed by atoms with Crippen LogP contribution in [0.4, 0.5) is 13.2 Å². The zero-order valence-corrected chi connectivity index (χ0v) is 9.81. The van der Waals surface area contributed by atoms with E-state index in [0.717, 1.165) is 0 Å². The molecule has 1 aromatic rings. The quantitative estimate of drug-likeness (QED) is 0.582. The third-order valence-electron chi connectivity index (χ3n) is 1.78. The molecule has 0 saturated heterocycles. The van der Waals surface area contributed by atoms with Gasteiger partial charge in [0.15, 0.2) is 5.78 Å². The molecule has 0 saturated carbocycles. The Bertz CT molecular complexity index is 429. The van der Waals surface area contributed by atoms with Crippen LogP contribution in [-0.4, -0.2) is 11.7 Å². The zero-order valence-electron chi connectivity index (χ0n) is 7.54. The van der Waals surface area contributed by atoms with Gasteiger partial charge in [-0.2, -0.15) is 13.2 Å². The monoisotopic (exact) mass is 290 g/mol. The largest absolute Gasteiger partial charge is 0.416 e. The summed E-state index contributed by atoms with van der Waals surface area (Å²) in [5, 5.41) is -0.551. The number of carbonyl (C=O) groups is 1. The number of alkyl halides is 4. The van der Waals surface area contributed by atoms with Crippen LogP contribution in [0.3, 0.4) is 0 Å². The molecule has 0 bridgehead atoms. The van der Waals surface area contributed by atoms with Crippen molar-refractivity contribution in [3.63, 3.8) is 0 Å². The van der Waals surface area contributed by atoms with Gasteiger partial charge in [0.25, 0.3) is 0 Å². The van der Waals surface area contributed by atoms with Gasteiger partial charge in [-0.3, -0.25) is 4.79 Å². The molecule has 0 radical (unpaired) electrons. The molecule has 1 nitrogen and oxygen atoms in total. The molecule has 0 spiro atoms. The molecule has 0 unspecified atom stereocenters. The third kappa shape index (κ3) is 2.81. The molecule has 0 aromatic heterocycles. The van der Waals surface area contributed by atoms with Crippen molar-refractivity contribution in [3.8, 4) is 0 Å². The highest BCUT2D eigenvalue weighted by atomic mass is 35.5. The SMILES string of the molecule is O=C(CCl)c1cc(C(F)(F)F)cc(Cl)c1Cl. The normalized spacial score (nSPS) is 11.6. The summed E-state index contributed by atoms with van der Waals surface area (Å²) in [6.07, 6.45) is -4.59. The number of ketones is 1. The van der Waals surface area contributed by atoms with Crippen molar-refractivity contribution >= 4 is 40.6 Å². The Morgan fingerprint density at radius 2 is 1.81 bits per heavy atom. The highest BCUT2D eigenvalue weighted by molar-refractivity contribution is 6.45. The van der Waals surface area contributed by atoms with Crippen LogP contribution in [0.15, 0.2) is 12.1 Å². The average Bonchev–Trinajstić information content (AvgIpc) is 2.19. The van der Waals surface area contributed by atoms with Gasteiger partial charge in [-0.1, -0.05) is 23.2 Å². The van der Waals surface area contributed by atoms with Crippen molar-refractivity contribution in [2.75, 3.05) is 5.88 Å². The molecule has 16 heavy (non-hydrogen) atoms. The Balaban J connectivity index is 3.39. The minimum absolute atomic E-state index is 0.222. The molecule has 0 N–H and O–H groups in total.